The summed E-state index contributed by atoms with van der Waals surface area (Å²) in [5.41, 5.74) is -3.36. The van der Waals surface area contributed by atoms with Gasteiger partial charge in [0.1, 0.15) is 0 Å². The molecular weight excluding hydrogens is 603 g/mol. The Balaban J connectivity index is 1.62. The van der Waals surface area contributed by atoms with Crippen LogP contribution < -0.4 is 0 Å². The summed E-state index contributed by atoms with van der Waals surface area (Å²) in [5.74, 6) is -2.19. The van der Waals surface area contributed by atoms with Gasteiger partial charge in [0, 0.05) is 0 Å². The summed E-state index contributed by atoms with van der Waals surface area (Å²) in [6.45, 7) is 12.5. The third-order valence-electron chi connectivity index (χ3n) is 11.8. The van der Waals surface area contributed by atoms with Crippen LogP contribution in [0.3, 0.4) is 0 Å². The van der Waals surface area contributed by atoms with Crippen LogP contribution in [0.4, 0.5) is 0 Å². The molecule has 1 aliphatic heterocycles. The average molecular weight is 653 g/mol. The second-order valence-electron chi connectivity index (χ2n) is 14.0. The number of ether oxygens (including phenoxy) is 1. The Morgan fingerprint density at radius 1 is 1.10 bits per heavy atom. The summed E-state index contributed by atoms with van der Waals surface area (Å²) in [7, 11) is 0. The fraction of sp³-hybridized carbons (Fsp3) is 0.871. The zero-order valence-electron chi connectivity index (χ0n) is 24.5. The van der Waals surface area contributed by atoms with E-state index in [9.17, 15) is 24.9 Å². The monoisotopic (exact) mass is 654 g/mol. The summed E-state index contributed by atoms with van der Waals surface area (Å²) < 4.78 is 16.3. The Bertz CT molecular complexity index is 993. The van der Waals surface area contributed by atoms with Crippen molar-refractivity contribution in [2.45, 2.75) is 135 Å². The van der Waals surface area contributed by atoms with Crippen molar-refractivity contribution in [2.75, 3.05) is 0 Å². The molecule has 4 bridgehead atoms. The molecule has 220 valence electrons. The van der Waals surface area contributed by atoms with Gasteiger partial charge in [0.25, 0.3) is 0 Å². The number of unbranched alkanes of at least 4 members (excludes halogenated alkanes) is 3. The first-order valence-electron chi connectivity index (χ1n) is 15.6. The molecule has 9 atom stereocenters. The van der Waals surface area contributed by atoms with Gasteiger partial charge in [-0.2, -0.15) is 0 Å². The van der Waals surface area contributed by atoms with Crippen molar-refractivity contribution in [3.8, 4) is 0 Å². The number of hydrogen-bond acceptors (Lipinski definition) is 7. The van der Waals surface area contributed by atoms with Gasteiger partial charge in [-0.05, 0) is 0 Å². The Hall–Kier alpha value is -0.641. The van der Waals surface area contributed by atoms with E-state index in [0.29, 0.717) is 25.7 Å². The van der Waals surface area contributed by atoms with Gasteiger partial charge in [0.05, 0.1) is 0 Å². The number of esters is 1. The number of fused-ring (bicyclic) bond motifs is 1. The standard InChI is InChI=1S/C19H24O7.3C4H9.Sn/c1-8-5-17-7-18(8,25)4-3-10(17)19-6-9(20)13(21)16(2,15(24)26-19)12(19)11(17)14(22)23;3*1-3-4-2;/h9-13,20-21,25H,1,3-7H2,2H3,(H,22,23);3*1,3-4H2,2H3;/q;;;;+1/p-1/t9-,10-,11-,12-,13+,16+,17+,18+,19-;;;;/m1..../s1. The SMILES string of the molecule is C=C1C[C@]23C[C@@]1(O)CC[C@H]2[C@@]12C[C@@H](O)[C@H](O)[C@@](C)(C(=O)O1)[C@H]2[C@@H]3C(=O)[O][Sn]([CH2]CCC)([CH2]CCC)[CH2]CCC. The first-order valence-corrected chi connectivity index (χ1v) is 22.8. The summed E-state index contributed by atoms with van der Waals surface area (Å²) in [5, 5.41) is 33.8. The molecule has 3 N–H and O–H groups in total. The summed E-state index contributed by atoms with van der Waals surface area (Å²) in [6, 6.07) is 0. The molecule has 5 aliphatic rings. The van der Waals surface area contributed by atoms with Crippen LogP contribution in [0, 0.1) is 28.6 Å². The van der Waals surface area contributed by atoms with E-state index in [4.69, 9.17) is 7.81 Å². The molecule has 1 spiro atoms. The minimum atomic E-state index is -3.40. The van der Waals surface area contributed by atoms with E-state index in [0.717, 1.165) is 57.4 Å². The maximum absolute atomic E-state index is 14.8. The number of aliphatic hydroxyl groups is 3. The average Bonchev–Trinajstić information content (AvgIpc) is 3.32. The van der Waals surface area contributed by atoms with Gasteiger partial charge >= 0.3 is 239 Å². The van der Waals surface area contributed by atoms with E-state index in [2.05, 4.69) is 27.4 Å². The van der Waals surface area contributed by atoms with Crippen molar-refractivity contribution < 1.29 is 32.7 Å². The van der Waals surface area contributed by atoms with Crippen LogP contribution in [0.5, 0.6) is 0 Å². The second kappa shape index (κ2) is 10.3. The molecular formula is C31H50O7Sn. The van der Waals surface area contributed by atoms with E-state index < -0.39 is 70.8 Å². The van der Waals surface area contributed by atoms with Crippen LogP contribution in [0.25, 0.3) is 0 Å². The summed E-state index contributed by atoms with van der Waals surface area (Å²) in [4.78, 5) is 28.3. The molecule has 39 heavy (non-hydrogen) atoms. The van der Waals surface area contributed by atoms with E-state index in [1.54, 1.807) is 6.92 Å². The molecule has 0 unspecified atom stereocenters. The van der Waals surface area contributed by atoms with Crippen LogP contribution in [0.1, 0.15) is 98.3 Å². The molecule has 7 nitrogen and oxygen atoms in total. The second-order valence-corrected chi connectivity index (χ2v) is 25.6. The molecule has 0 aromatic rings. The van der Waals surface area contributed by atoms with Gasteiger partial charge in [-0.15, -0.1) is 0 Å². The van der Waals surface area contributed by atoms with Crippen LogP contribution in [-0.2, 0) is 17.4 Å². The first-order chi connectivity index (χ1) is 18.4. The third-order valence-corrected chi connectivity index (χ3v) is 24.5. The van der Waals surface area contributed by atoms with Gasteiger partial charge in [-0.25, -0.2) is 0 Å². The van der Waals surface area contributed by atoms with Crippen molar-refractivity contribution in [3.63, 3.8) is 0 Å². The molecule has 0 radical (unpaired) electrons. The molecule has 5 fully saturated rings. The van der Waals surface area contributed by atoms with E-state index in [1.807, 2.05) is 0 Å². The molecule has 4 aliphatic carbocycles. The van der Waals surface area contributed by atoms with Crippen molar-refractivity contribution in [2.24, 2.45) is 28.6 Å². The Kier molecular flexibility index (Phi) is 7.85. The number of hydrogen-bond donors (Lipinski definition) is 3. The van der Waals surface area contributed by atoms with Gasteiger partial charge in [0.2, 0.25) is 0 Å². The molecule has 5 rings (SSSR count). The maximum atomic E-state index is 14.8. The van der Waals surface area contributed by atoms with E-state index >= 15 is 0 Å². The van der Waals surface area contributed by atoms with Crippen molar-refractivity contribution >= 4 is 30.7 Å². The van der Waals surface area contributed by atoms with Gasteiger partial charge < -0.3 is 0 Å². The van der Waals surface area contributed by atoms with Gasteiger partial charge in [-0.1, -0.05) is 0 Å². The molecule has 0 aromatic heterocycles. The zero-order chi connectivity index (χ0) is 28.4. The zero-order valence-corrected chi connectivity index (χ0v) is 27.3. The predicted molar refractivity (Wildman–Crippen MR) is 150 cm³/mol. The molecule has 0 amide bonds. The van der Waals surface area contributed by atoms with Crippen LogP contribution in [-0.4, -0.2) is 69.5 Å². The van der Waals surface area contributed by atoms with Crippen LogP contribution >= 0.6 is 0 Å². The molecule has 8 heteroatoms. The normalized spacial score (nSPS) is 44.2. The van der Waals surface area contributed by atoms with Gasteiger partial charge in [-0.3, -0.25) is 0 Å². The number of carbonyl (C=O) groups is 2. The molecule has 1 saturated heterocycles. The van der Waals surface area contributed by atoms with Crippen LogP contribution in [0.15, 0.2) is 12.2 Å². The fourth-order valence-electron chi connectivity index (χ4n) is 10.00. The molecule has 0 aromatic carbocycles. The van der Waals surface area contributed by atoms with E-state index in [1.165, 1.54) is 0 Å². The Labute approximate surface area is 238 Å². The van der Waals surface area contributed by atoms with Crippen molar-refractivity contribution in [1.29, 1.82) is 0 Å². The Morgan fingerprint density at radius 3 is 2.26 bits per heavy atom. The quantitative estimate of drug-likeness (QED) is 0.163. The molecule has 4 saturated carbocycles. The first kappa shape index (κ1) is 29.8. The van der Waals surface area contributed by atoms with Crippen molar-refractivity contribution in [1.82, 2.24) is 0 Å². The molecule has 1 heterocycles. The van der Waals surface area contributed by atoms with Gasteiger partial charge in [0.15, 0.2) is 0 Å². The fourth-order valence-corrected chi connectivity index (χ4v) is 23.1. The third kappa shape index (κ3) is 4.13. The Morgan fingerprint density at radius 2 is 1.69 bits per heavy atom. The van der Waals surface area contributed by atoms with Crippen LogP contribution in [0.2, 0.25) is 13.3 Å². The summed E-state index contributed by atoms with van der Waals surface area (Å²) in [6.07, 6.45) is 6.07. The summed E-state index contributed by atoms with van der Waals surface area (Å²) >= 11 is -3.40. The van der Waals surface area contributed by atoms with E-state index in [-0.39, 0.29) is 18.3 Å². The minimum absolute atomic E-state index is 0.122. The number of carbonyl (C=O) groups excluding carboxylic acids is 2. The van der Waals surface area contributed by atoms with Crippen molar-refractivity contribution in [3.05, 3.63) is 12.2 Å². The topological polar surface area (TPSA) is 113 Å². The predicted octanol–water partition coefficient (Wildman–Crippen LogP) is 5.03. The number of aliphatic hydroxyl groups excluding tert-OH is 2. The number of rotatable bonds is 11.